The van der Waals surface area contributed by atoms with Crippen LogP contribution >= 0.6 is 11.6 Å². The van der Waals surface area contributed by atoms with Crippen LogP contribution < -0.4 is 0 Å². The summed E-state index contributed by atoms with van der Waals surface area (Å²) in [7, 11) is 0. The lowest BCUT2D eigenvalue weighted by Crippen LogP contribution is -1.82. The van der Waals surface area contributed by atoms with Crippen molar-refractivity contribution in [2.75, 3.05) is 0 Å². The number of fused-ring (bicyclic) bond motifs is 1. The van der Waals surface area contributed by atoms with Gasteiger partial charge in [0.05, 0.1) is 5.02 Å². The van der Waals surface area contributed by atoms with E-state index in [1.54, 1.807) is 6.07 Å². The molecule has 1 N–H and O–H groups in total. The lowest BCUT2D eigenvalue weighted by Gasteiger charge is -1.95. The molecule has 0 amide bonds. The van der Waals surface area contributed by atoms with Crippen molar-refractivity contribution in [2.24, 2.45) is 0 Å². The minimum atomic E-state index is 0.414. The molecule has 1 aromatic carbocycles. The number of aldehydes is 1. The molecule has 0 unspecified atom stereocenters. The van der Waals surface area contributed by atoms with E-state index >= 15 is 0 Å². The van der Waals surface area contributed by atoms with Crippen molar-refractivity contribution in [2.45, 2.75) is 6.92 Å². The predicted octanol–water partition coefficient (Wildman–Crippen LogP) is 2.34. The van der Waals surface area contributed by atoms with Crippen LogP contribution in [0.5, 0.6) is 0 Å². The number of nitrogens with one attached hydrogen (secondary N) is 1. The van der Waals surface area contributed by atoms with E-state index in [0.29, 0.717) is 16.1 Å². The quantitative estimate of drug-likeness (QED) is 0.709. The first-order chi connectivity index (χ1) is 6.24. The van der Waals surface area contributed by atoms with E-state index in [1.807, 2.05) is 13.0 Å². The number of hydrogen-bond donors (Lipinski definition) is 1. The van der Waals surface area contributed by atoms with Crippen LogP contribution in [0.2, 0.25) is 5.02 Å². The number of aromatic amines is 1. The molecule has 0 aliphatic rings. The van der Waals surface area contributed by atoms with Crippen molar-refractivity contribution in [3.63, 3.8) is 0 Å². The Hall–Kier alpha value is -1.35. The molecule has 0 aliphatic carbocycles. The number of H-pyrrole nitrogens is 1. The van der Waals surface area contributed by atoms with Crippen LogP contribution in [0.4, 0.5) is 0 Å². The summed E-state index contributed by atoms with van der Waals surface area (Å²) in [4.78, 5) is 10.6. The SMILES string of the molecule is Cc1[nH]nc2c(Cl)c(C=O)ccc12. The maximum atomic E-state index is 10.6. The maximum absolute atomic E-state index is 10.6. The molecule has 0 aliphatic heterocycles. The average molecular weight is 195 g/mol. The van der Waals surface area contributed by atoms with Gasteiger partial charge >= 0.3 is 0 Å². The molecule has 3 nitrogen and oxygen atoms in total. The van der Waals surface area contributed by atoms with Gasteiger partial charge < -0.3 is 0 Å². The minimum Gasteiger partial charge on any atom is -0.298 e. The van der Waals surface area contributed by atoms with Gasteiger partial charge in [0.2, 0.25) is 0 Å². The van der Waals surface area contributed by atoms with E-state index in [4.69, 9.17) is 11.6 Å². The van der Waals surface area contributed by atoms with E-state index in [1.165, 1.54) is 0 Å². The first-order valence-electron chi connectivity index (χ1n) is 3.82. The van der Waals surface area contributed by atoms with Gasteiger partial charge in [-0.2, -0.15) is 5.10 Å². The molecule has 0 fully saturated rings. The zero-order chi connectivity index (χ0) is 9.42. The van der Waals surface area contributed by atoms with Crippen molar-refractivity contribution in [1.29, 1.82) is 0 Å². The summed E-state index contributed by atoms with van der Waals surface area (Å²) < 4.78 is 0. The normalized spacial score (nSPS) is 10.6. The third-order valence-electron chi connectivity index (χ3n) is 2.01. The fourth-order valence-electron chi connectivity index (χ4n) is 1.28. The molecule has 4 heteroatoms. The highest BCUT2D eigenvalue weighted by molar-refractivity contribution is 6.37. The van der Waals surface area contributed by atoms with Crippen LogP contribution in [0.1, 0.15) is 16.1 Å². The summed E-state index contributed by atoms with van der Waals surface area (Å²) in [6.07, 6.45) is 0.728. The fourth-order valence-corrected chi connectivity index (χ4v) is 1.53. The zero-order valence-corrected chi connectivity index (χ0v) is 7.72. The molecule has 13 heavy (non-hydrogen) atoms. The highest BCUT2D eigenvalue weighted by Gasteiger charge is 2.08. The number of nitrogens with zero attached hydrogens (tertiary/aromatic N) is 1. The van der Waals surface area contributed by atoms with Gasteiger partial charge in [0.15, 0.2) is 6.29 Å². The smallest absolute Gasteiger partial charge is 0.151 e. The Balaban J connectivity index is 2.87. The van der Waals surface area contributed by atoms with Crippen LogP contribution in [-0.4, -0.2) is 16.5 Å². The highest BCUT2D eigenvalue weighted by atomic mass is 35.5. The number of benzene rings is 1. The summed E-state index contributed by atoms with van der Waals surface area (Å²) in [6, 6.07) is 3.53. The summed E-state index contributed by atoms with van der Waals surface area (Å²) >= 11 is 5.94. The topological polar surface area (TPSA) is 45.8 Å². The number of aryl methyl sites for hydroxylation is 1. The Kier molecular flexibility index (Phi) is 1.81. The molecular weight excluding hydrogens is 188 g/mol. The van der Waals surface area contributed by atoms with E-state index < -0.39 is 0 Å². The Bertz CT molecular complexity index is 476. The summed E-state index contributed by atoms with van der Waals surface area (Å²) in [6.45, 7) is 1.91. The van der Waals surface area contributed by atoms with Crippen molar-refractivity contribution in [1.82, 2.24) is 10.2 Å². The minimum absolute atomic E-state index is 0.414. The number of carbonyl (C=O) groups is 1. The second-order valence-corrected chi connectivity index (χ2v) is 3.21. The van der Waals surface area contributed by atoms with Gasteiger partial charge in [-0.1, -0.05) is 17.7 Å². The van der Waals surface area contributed by atoms with Gasteiger partial charge in [-0.25, -0.2) is 0 Å². The van der Waals surface area contributed by atoms with Gasteiger partial charge in [0.25, 0.3) is 0 Å². The standard InChI is InChI=1S/C9H7ClN2O/c1-5-7-3-2-6(4-13)8(10)9(7)12-11-5/h2-4H,1H3,(H,11,12). The number of aromatic nitrogens is 2. The Morgan fingerprint density at radius 2 is 2.31 bits per heavy atom. The van der Waals surface area contributed by atoms with Crippen LogP contribution in [-0.2, 0) is 0 Å². The van der Waals surface area contributed by atoms with Gasteiger partial charge in [0.1, 0.15) is 5.52 Å². The average Bonchev–Trinajstić information content (AvgIpc) is 2.50. The van der Waals surface area contributed by atoms with Gasteiger partial charge in [-0.05, 0) is 13.0 Å². The van der Waals surface area contributed by atoms with Gasteiger partial charge in [-0.15, -0.1) is 0 Å². The molecular formula is C9H7ClN2O. The maximum Gasteiger partial charge on any atom is 0.151 e. The number of halogens is 1. The van der Waals surface area contributed by atoms with Crippen molar-refractivity contribution >= 4 is 28.8 Å². The summed E-state index contributed by atoms with van der Waals surface area (Å²) in [5, 5.41) is 8.20. The molecule has 2 aromatic rings. The van der Waals surface area contributed by atoms with Gasteiger partial charge in [0, 0.05) is 16.6 Å². The molecule has 0 atom stereocenters. The fraction of sp³-hybridized carbons (Fsp3) is 0.111. The van der Waals surface area contributed by atoms with Crippen LogP contribution in [0.15, 0.2) is 12.1 Å². The molecule has 0 bridgehead atoms. The Morgan fingerprint density at radius 3 is 3.00 bits per heavy atom. The van der Waals surface area contributed by atoms with Crippen LogP contribution in [0.25, 0.3) is 10.9 Å². The molecule has 1 aromatic heterocycles. The molecule has 0 spiro atoms. The van der Waals surface area contributed by atoms with Crippen molar-refractivity contribution in [3.8, 4) is 0 Å². The molecule has 2 rings (SSSR count). The summed E-state index contributed by atoms with van der Waals surface area (Å²) in [5.41, 5.74) is 2.08. The molecule has 0 radical (unpaired) electrons. The lowest BCUT2D eigenvalue weighted by atomic mass is 10.1. The third kappa shape index (κ3) is 1.12. The largest absolute Gasteiger partial charge is 0.298 e. The zero-order valence-electron chi connectivity index (χ0n) is 6.97. The highest BCUT2D eigenvalue weighted by Crippen LogP contribution is 2.25. The van der Waals surface area contributed by atoms with E-state index in [9.17, 15) is 4.79 Å². The summed E-state index contributed by atoms with van der Waals surface area (Å²) in [5.74, 6) is 0. The molecule has 66 valence electrons. The van der Waals surface area contributed by atoms with E-state index in [2.05, 4.69) is 10.2 Å². The second kappa shape index (κ2) is 2.85. The third-order valence-corrected chi connectivity index (χ3v) is 2.41. The molecule has 0 saturated carbocycles. The molecule has 1 heterocycles. The lowest BCUT2D eigenvalue weighted by molar-refractivity contribution is 0.112. The Labute approximate surface area is 79.7 Å². The van der Waals surface area contributed by atoms with Crippen LogP contribution in [0.3, 0.4) is 0 Å². The van der Waals surface area contributed by atoms with Crippen molar-refractivity contribution in [3.05, 3.63) is 28.4 Å². The second-order valence-electron chi connectivity index (χ2n) is 2.83. The number of hydrogen-bond acceptors (Lipinski definition) is 2. The number of carbonyl (C=O) groups excluding carboxylic acids is 1. The first kappa shape index (κ1) is 8.26. The molecule has 0 saturated heterocycles. The predicted molar refractivity (Wildman–Crippen MR) is 51.2 cm³/mol. The van der Waals surface area contributed by atoms with Crippen molar-refractivity contribution < 1.29 is 4.79 Å². The van der Waals surface area contributed by atoms with E-state index in [-0.39, 0.29) is 0 Å². The monoisotopic (exact) mass is 194 g/mol. The Morgan fingerprint density at radius 1 is 1.54 bits per heavy atom. The number of rotatable bonds is 1. The van der Waals surface area contributed by atoms with Crippen LogP contribution in [0, 0.1) is 6.92 Å². The van der Waals surface area contributed by atoms with Gasteiger partial charge in [-0.3, -0.25) is 9.89 Å². The van der Waals surface area contributed by atoms with E-state index in [0.717, 1.165) is 17.4 Å². The first-order valence-corrected chi connectivity index (χ1v) is 4.20.